The van der Waals surface area contributed by atoms with Crippen molar-refractivity contribution in [2.24, 2.45) is 5.92 Å². The van der Waals surface area contributed by atoms with Gasteiger partial charge in [-0.3, -0.25) is 14.7 Å². The Balaban J connectivity index is 1.11. The second-order valence-corrected chi connectivity index (χ2v) is 11.0. The number of rotatable bonds is 5. The van der Waals surface area contributed by atoms with Crippen molar-refractivity contribution in [3.05, 3.63) is 53.7 Å². The van der Waals surface area contributed by atoms with Gasteiger partial charge < -0.3 is 9.47 Å². The van der Waals surface area contributed by atoms with Gasteiger partial charge in [-0.1, -0.05) is 12.1 Å². The van der Waals surface area contributed by atoms with Crippen molar-refractivity contribution in [1.29, 1.82) is 0 Å². The highest BCUT2D eigenvalue weighted by atomic mass is 32.2. The molecule has 182 valence electrons. The first-order valence-corrected chi connectivity index (χ1v) is 13.8. The lowest BCUT2D eigenvalue weighted by Crippen LogP contribution is -2.45. The number of pyridine rings is 2. The maximum absolute atomic E-state index is 13.3. The van der Waals surface area contributed by atoms with Crippen molar-refractivity contribution in [3.63, 3.8) is 0 Å². The van der Waals surface area contributed by atoms with Gasteiger partial charge in [-0.15, -0.1) is 11.8 Å². The molecule has 0 bridgehead atoms. The number of allylic oxidation sites excluding steroid dienone is 1. The number of hydrogen-bond acceptors (Lipinski definition) is 6. The van der Waals surface area contributed by atoms with E-state index in [1.165, 1.54) is 17.1 Å². The number of piperidine rings is 2. The maximum Gasteiger partial charge on any atom is 0.225 e. The van der Waals surface area contributed by atoms with Crippen LogP contribution in [0, 0.1) is 5.92 Å². The van der Waals surface area contributed by atoms with Crippen molar-refractivity contribution in [2.75, 3.05) is 38.5 Å². The monoisotopic (exact) mass is 488 g/mol. The van der Waals surface area contributed by atoms with Gasteiger partial charge in [0.2, 0.25) is 5.91 Å². The number of nitrogens with zero attached hydrogens (tertiary/aromatic N) is 6. The normalized spacial score (nSPS) is 20.5. The number of carbonyl (C=O) groups is 1. The Morgan fingerprint density at radius 3 is 2.54 bits per heavy atom. The second kappa shape index (κ2) is 10.1. The van der Waals surface area contributed by atoms with Crippen molar-refractivity contribution in [3.8, 4) is 11.5 Å². The summed E-state index contributed by atoms with van der Waals surface area (Å²) in [6.07, 6.45) is 11.0. The van der Waals surface area contributed by atoms with Crippen LogP contribution in [0.25, 0.3) is 22.7 Å². The molecule has 3 aliphatic heterocycles. The third-order valence-corrected chi connectivity index (χ3v) is 8.68. The summed E-state index contributed by atoms with van der Waals surface area (Å²) in [6, 6.07) is 10.1. The van der Waals surface area contributed by atoms with E-state index in [4.69, 9.17) is 4.98 Å². The molecule has 6 rings (SSSR count). The summed E-state index contributed by atoms with van der Waals surface area (Å²) in [6.45, 7) is 4.72. The average Bonchev–Trinajstić information content (AvgIpc) is 3.57. The smallest absolute Gasteiger partial charge is 0.225 e. The van der Waals surface area contributed by atoms with E-state index >= 15 is 0 Å². The predicted octanol–water partition coefficient (Wildman–Crippen LogP) is 4.39. The van der Waals surface area contributed by atoms with Crippen LogP contribution in [0.1, 0.15) is 38.1 Å². The zero-order valence-electron chi connectivity index (χ0n) is 20.1. The number of fused-ring (bicyclic) bond motifs is 1. The minimum Gasteiger partial charge on any atom is -0.342 e. The topological polar surface area (TPSA) is 67.2 Å². The van der Waals surface area contributed by atoms with Gasteiger partial charge in [-0.05, 0) is 74.4 Å². The number of likely N-dealkylation sites (tertiary alicyclic amines) is 2. The van der Waals surface area contributed by atoms with Crippen molar-refractivity contribution >= 4 is 28.8 Å². The highest BCUT2D eigenvalue weighted by molar-refractivity contribution is 8.03. The van der Waals surface area contributed by atoms with Crippen LogP contribution in [0.15, 0.2) is 53.7 Å². The zero-order chi connectivity index (χ0) is 23.6. The summed E-state index contributed by atoms with van der Waals surface area (Å²) in [5.41, 5.74) is 2.66. The highest BCUT2D eigenvalue weighted by Crippen LogP contribution is 2.33. The van der Waals surface area contributed by atoms with E-state index in [0.29, 0.717) is 5.91 Å². The molecule has 1 amide bonds. The molecule has 6 heterocycles. The summed E-state index contributed by atoms with van der Waals surface area (Å²) in [4.78, 5) is 33.6. The summed E-state index contributed by atoms with van der Waals surface area (Å²) in [5, 5.41) is 0. The highest BCUT2D eigenvalue weighted by Gasteiger charge is 2.33. The fourth-order valence-corrected chi connectivity index (χ4v) is 6.70. The Bertz CT molecular complexity index is 1210. The van der Waals surface area contributed by atoms with Gasteiger partial charge in [0.05, 0.1) is 0 Å². The first-order valence-electron chi connectivity index (χ1n) is 12.8. The molecule has 3 aliphatic rings. The molecule has 3 aromatic heterocycles. The maximum atomic E-state index is 13.3. The van der Waals surface area contributed by atoms with Crippen LogP contribution in [-0.4, -0.2) is 73.7 Å². The molecule has 0 atom stereocenters. The van der Waals surface area contributed by atoms with E-state index in [-0.39, 0.29) is 12.0 Å². The lowest BCUT2D eigenvalue weighted by Gasteiger charge is -2.38. The van der Waals surface area contributed by atoms with Crippen LogP contribution in [0.3, 0.4) is 0 Å². The Labute approximate surface area is 210 Å². The van der Waals surface area contributed by atoms with Crippen LogP contribution in [-0.2, 0) is 4.79 Å². The summed E-state index contributed by atoms with van der Waals surface area (Å²) >= 11 is 1.99. The molecule has 0 N–H and O–H groups in total. The van der Waals surface area contributed by atoms with E-state index < -0.39 is 0 Å². The predicted molar refractivity (Wildman–Crippen MR) is 140 cm³/mol. The van der Waals surface area contributed by atoms with Crippen molar-refractivity contribution in [2.45, 2.75) is 38.1 Å². The molecule has 0 radical (unpaired) electrons. The zero-order valence-corrected chi connectivity index (χ0v) is 20.9. The van der Waals surface area contributed by atoms with Crippen molar-refractivity contribution < 1.29 is 4.79 Å². The minimum absolute atomic E-state index is 0.174. The minimum atomic E-state index is 0.174. The second-order valence-electron chi connectivity index (χ2n) is 9.78. The van der Waals surface area contributed by atoms with Gasteiger partial charge in [0.15, 0.2) is 11.5 Å². The number of aromatic nitrogens is 4. The average molecular weight is 489 g/mol. The lowest BCUT2D eigenvalue weighted by atomic mass is 9.93. The van der Waals surface area contributed by atoms with E-state index in [1.54, 1.807) is 0 Å². The molecule has 7 nitrogen and oxygen atoms in total. The van der Waals surface area contributed by atoms with Crippen molar-refractivity contribution in [1.82, 2.24) is 29.3 Å². The Morgan fingerprint density at radius 2 is 1.80 bits per heavy atom. The molecule has 0 saturated carbocycles. The lowest BCUT2D eigenvalue weighted by molar-refractivity contribution is -0.138. The standard InChI is InChI=1S/C27H32N6OS/c34-27(20-8-14-31(15-9-20)19-22-5-4-18-35-22)32-16-10-21(11-17-32)33-25-24(7-3-13-29-25)30-26(33)23-6-1-2-12-28-23/h1-3,5-7,12-13,20-21H,4,8-11,14-19H2. The summed E-state index contributed by atoms with van der Waals surface area (Å²) < 4.78 is 2.26. The van der Waals surface area contributed by atoms with Gasteiger partial charge in [0, 0.05) is 49.7 Å². The fraction of sp³-hybridized carbons (Fsp3) is 0.481. The molecule has 35 heavy (non-hydrogen) atoms. The van der Waals surface area contributed by atoms with E-state index in [1.807, 2.05) is 54.5 Å². The van der Waals surface area contributed by atoms with Gasteiger partial charge in [0.1, 0.15) is 11.2 Å². The number of thioether (sulfide) groups is 1. The van der Waals surface area contributed by atoms with E-state index in [0.717, 1.165) is 81.1 Å². The molecular formula is C27H32N6OS. The molecule has 8 heteroatoms. The molecule has 2 fully saturated rings. The van der Waals surface area contributed by atoms with E-state index in [2.05, 4.69) is 30.4 Å². The Hall–Kier alpha value is -2.71. The van der Waals surface area contributed by atoms with Crippen LogP contribution in [0.2, 0.25) is 0 Å². The summed E-state index contributed by atoms with van der Waals surface area (Å²) in [5.74, 6) is 2.63. The van der Waals surface area contributed by atoms with Gasteiger partial charge in [-0.2, -0.15) is 0 Å². The quantitative estimate of drug-likeness (QED) is 0.531. The molecule has 2 saturated heterocycles. The van der Waals surface area contributed by atoms with Crippen LogP contribution in [0.4, 0.5) is 0 Å². The molecule has 3 aromatic rings. The Morgan fingerprint density at radius 1 is 0.971 bits per heavy atom. The van der Waals surface area contributed by atoms with Gasteiger partial charge in [0.25, 0.3) is 0 Å². The number of carbonyl (C=O) groups excluding carboxylic acids is 1. The molecular weight excluding hydrogens is 456 g/mol. The van der Waals surface area contributed by atoms with Crippen LogP contribution in [0.5, 0.6) is 0 Å². The first-order chi connectivity index (χ1) is 17.3. The molecule has 0 unspecified atom stereocenters. The number of hydrogen-bond donors (Lipinski definition) is 0. The number of amides is 1. The number of imidazole rings is 1. The first kappa shape index (κ1) is 22.7. The van der Waals surface area contributed by atoms with Gasteiger partial charge in [-0.25, -0.2) is 9.97 Å². The fourth-order valence-electron chi connectivity index (χ4n) is 5.69. The summed E-state index contributed by atoms with van der Waals surface area (Å²) in [7, 11) is 0. The van der Waals surface area contributed by atoms with Crippen LogP contribution < -0.4 is 0 Å². The van der Waals surface area contributed by atoms with Gasteiger partial charge >= 0.3 is 0 Å². The molecule has 0 aromatic carbocycles. The third-order valence-electron chi connectivity index (χ3n) is 7.58. The van der Waals surface area contributed by atoms with Crippen LogP contribution >= 0.6 is 11.8 Å². The SMILES string of the molecule is O=C(C1CCN(CC2=CCCS2)CC1)N1CCC(n2c(-c3ccccn3)nc3cccnc32)CC1. The third kappa shape index (κ3) is 4.74. The largest absolute Gasteiger partial charge is 0.342 e. The Kier molecular flexibility index (Phi) is 6.57. The molecule has 0 spiro atoms. The van der Waals surface area contributed by atoms with E-state index in [9.17, 15) is 4.79 Å². The molecule has 0 aliphatic carbocycles.